The van der Waals surface area contributed by atoms with E-state index in [1.807, 2.05) is 30.3 Å². The molecule has 0 aliphatic heterocycles. The highest BCUT2D eigenvalue weighted by Crippen LogP contribution is 2.16. The van der Waals surface area contributed by atoms with E-state index in [0.717, 1.165) is 11.8 Å². The summed E-state index contributed by atoms with van der Waals surface area (Å²) in [5.41, 5.74) is 0.750. The number of hydrogen-bond donors (Lipinski definition) is 1. The summed E-state index contributed by atoms with van der Waals surface area (Å²) in [5.74, 6) is -0.472. The zero-order valence-corrected chi connectivity index (χ0v) is 18.8. The molecule has 0 radical (unpaired) electrons. The first-order valence-corrected chi connectivity index (χ1v) is 11.4. The first-order chi connectivity index (χ1) is 14.4. The number of carbonyl (C=O) groups is 2. The summed E-state index contributed by atoms with van der Waals surface area (Å²) in [5, 5.41) is 2.55. The van der Waals surface area contributed by atoms with Crippen LogP contribution in [0.25, 0.3) is 0 Å². The third-order valence-electron chi connectivity index (χ3n) is 3.81. The van der Waals surface area contributed by atoms with Crippen molar-refractivity contribution in [2.24, 2.45) is 0 Å². The van der Waals surface area contributed by atoms with Gasteiger partial charge in [0.05, 0.1) is 6.26 Å². The fraction of sp³-hybridized carbons (Fsp3) is 0.364. The van der Waals surface area contributed by atoms with Gasteiger partial charge in [0.2, 0.25) is 0 Å². The quantitative estimate of drug-likeness (QED) is 0.487. The number of rotatable bonds is 8. The summed E-state index contributed by atoms with van der Waals surface area (Å²) in [6.45, 7) is 5.22. The van der Waals surface area contributed by atoms with Crippen LogP contribution in [0, 0.1) is 0 Å². The summed E-state index contributed by atoms with van der Waals surface area (Å²) in [6, 6.07) is 14.3. The minimum atomic E-state index is -3.64. The molecule has 0 saturated heterocycles. The van der Waals surface area contributed by atoms with Crippen LogP contribution in [-0.2, 0) is 37.4 Å². The summed E-state index contributed by atoms with van der Waals surface area (Å²) in [6.07, 6.45) is 0.322. The normalized spacial score (nSPS) is 12.5. The van der Waals surface area contributed by atoms with Crippen molar-refractivity contribution in [3.63, 3.8) is 0 Å². The van der Waals surface area contributed by atoms with E-state index >= 15 is 0 Å². The van der Waals surface area contributed by atoms with Crippen LogP contribution in [0.5, 0.6) is 5.75 Å². The van der Waals surface area contributed by atoms with Gasteiger partial charge < -0.3 is 19.0 Å². The van der Waals surface area contributed by atoms with Crippen molar-refractivity contribution in [3.8, 4) is 5.75 Å². The van der Waals surface area contributed by atoms with E-state index < -0.39 is 33.8 Å². The molecule has 1 amide bonds. The van der Waals surface area contributed by atoms with Gasteiger partial charge in [-0.1, -0.05) is 42.5 Å². The number of carbonyl (C=O) groups excluding carboxylic acids is 2. The highest BCUT2D eigenvalue weighted by molar-refractivity contribution is 7.86. The molecule has 8 nitrogen and oxygen atoms in total. The number of alkyl carbamates (subject to hydrolysis) is 1. The zero-order chi connectivity index (χ0) is 23.1. The first kappa shape index (κ1) is 24.2. The zero-order valence-electron chi connectivity index (χ0n) is 18.0. The van der Waals surface area contributed by atoms with Crippen LogP contribution in [0.4, 0.5) is 4.79 Å². The molecule has 0 unspecified atom stereocenters. The predicted molar refractivity (Wildman–Crippen MR) is 115 cm³/mol. The largest absolute Gasteiger partial charge is 0.459 e. The molecule has 0 aliphatic rings. The fourth-order valence-corrected chi connectivity index (χ4v) is 3.02. The average Bonchev–Trinajstić information content (AvgIpc) is 2.65. The highest BCUT2D eigenvalue weighted by atomic mass is 32.2. The lowest BCUT2D eigenvalue weighted by molar-refractivity contribution is -0.147. The van der Waals surface area contributed by atoms with Crippen molar-refractivity contribution in [2.75, 3.05) is 6.26 Å². The monoisotopic (exact) mass is 449 g/mol. The Hall–Kier alpha value is -3.07. The van der Waals surface area contributed by atoms with Crippen LogP contribution in [0.1, 0.15) is 31.9 Å². The molecule has 2 aromatic carbocycles. The van der Waals surface area contributed by atoms with E-state index in [1.54, 1.807) is 32.9 Å². The molecular formula is C22H27NO7S. The van der Waals surface area contributed by atoms with Gasteiger partial charge in [0.25, 0.3) is 0 Å². The Morgan fingerprint density at radius 3 is 2.13 bits per heavy atom. The van der Waals surface area contributed by atoms with Gasteiger partial charge in [-0.05, 0) is 44.0 Å². The van der Waals surface area contributed by atoms with Crippen molar-refractivity contribution in [1.82, 2.24) is 5.32 Å². The maximum absolute atomic E-state index is 12.7. The molecule has 31 heavy (non-hydrogen) atoms. The molecule has 1 atom stereocenters. The Balaban J connectivity index is 2.10. The second-order valence-corrected chi connectivity index (χ2v) is 9.50. The second-order valence-electron chi connectivity index (χ2n) is 7.93. The van der Waals surface area contributed by atoms with Crippen LogP contribution < -0.4 is 9.50 Å². The molecule has 0 aliphatic carbocycles. The summed E-state index contributed by atoms with van der Waals surface area (Å²) >= 11 is 0. The SMILES string of the molecule is CC(C)(C)OC(=O)N[C@@H](Cc1ccc(OS(C)(=O)=O)cc1)C(=O)OCc1ccccc1. The molecule has 0 heterocycles. The van der Waals surface area contributed by atoms with Gasteiger partial charge in [0, 0.05) is 6.42 Å². The van der Waals surface area contributed by atoms with E-state index in [4.69, 9.17) is 13.7 Å². The molecule has 0 aromatic heterocycles. The van der Waals surface area contributed by atoms with Crippen LogP contribution >= 0.6 is 0 Å². The molecule has 0 spiro atoms. The smallest absolute Gasteiger partial charge is 0.408 e. The number of benzene rings is 2. The third kappa shape index (κ3) is 9.52. The van der Waals surface area contributed by atoms with Gasteiger partial charge in [-0.2, -0.15) is 8.42 Å². The lowest BCUT2D eigenvalue weighted by Crippen LogP contribution is -2.45. The highest BCUT2D eigenvalue weighted by Gasteiger charge is 2.26. The van der Waals surface area contributed by atoms with Gasteiger partial charge in [-0.3, -0.25) is 0 Å². The molecule has 0 fully saturated rings. The molecule has 1 N–H and O–H groups in total. The maximum atomic E-state index is 12.7. The summed E-state index contributed by atoms with van der Waals surface area (Å²) in [7, 11) is -3.64. The standard InChI is InChI=1S/C22H27NO7S/c1-22(2,3)29-21(25)23-19(20(24)28-15-17-8-6-5-7-9-17)14-16-10-12-18(13-11-16)30-31(4,26)27/h5-13,19H,14-15H2,1-4H3,(H,23,25)/t19-/m0/s1. The van der Waals surface area contributed by atoms with Gasteiger partial charge >= 0.3 is 22.2 Å². The van der Waals surface area contributed by atoms with E-state index in [0.29, 0.717) is 5.56 Å². The molecule has 168 valence electrons. The molecule has 0 bridgehead atoms. The van der Waals surface area contributed by atoms with E-state index in [2.05, 4.69) is 5.32 Å². The summed E-state index contributed by atoms with van der Waals surface area (Å²) in [4.78, 5) is 24.9. The average molecular weight is 450 g/mol. The third-order valence-corrected chi connectivity index (χ3v) is 4.31. The fourth-order valence-electron chi connectivity index (χ4n) is 2.56. The molecule has 0 saturated carbocycles. The van der Waals surface area contributed by atoms with Crippen LogP contribution in [0.15, 0.2) is 54.6 Å². The lowest BCUT2D eigenvalue weighted by Gasteiger charge is -2.23. The number of ether oxygens (including phenoxy) is 2. The van der Waals surface area contributed by atoms with E-state index in [-0.39, 0.29) is 18.8 Å². The Morgan fingerprint density at radius 1 is 0.968 bits per heavy atom. The molecule has 2 rings (SSSR count). The first-order valence-electron chi connectivity index (χ1n) is 9.60. The Kier molecular flexibility index (Phi) is 8.04. The number of amides is 1. The van der Waals surface area contributed by atoms with Gasteiger partial charge in [0.15, 0.2) is 0 Å². The minimum Gasteiger partial charge on any atom is -0.459 e. The Labute approximate surface area is 182 Å². The van der Waals surface area contributed by atoms with Crippen LogP contribution in [-0.4, -0.2) is 38.4 Å². The number of hydrogen-bond acceptors (Lipinski definition) is 7. The van der Waals surface area contributed by atoms with Crippen molar-refractivity contribution in [3.05, 3.63) is 65.7 Å². The minimum absolute atomic E-state index is 0.0628. The van der Waals surface area contributed by atoms with Gasteiger partial charge in [-0.25, -0.2) is 9.59 Å². The maximum Gasteiger partial charge on any atom is 0.408 e. The van der Waals surface area contributed by atoms with Crippen LogP contribution in [0.3, 0.4) is 0 Å². The topological polar surface area (TPSA) is 108 Å². The predicted octanol–water partition coefficient (Wildman–Crippen LogP) is 3.20. The van der Waals surface area contributed by atoms with Crippen molar-refractivity contribution in [1.29, 1.82) is 0 Å². The van der Waals surface area contributed by atoms with Crippen molar-refractivity contribution in [2.45, 2.75) is 45.4 Å². The molecule has 2 aromatic rings. The van der Waals surface area contributed by atoms with Crippen LogP contribution in [0.2, 0.25) is 0 Å². The van der Waals surface area contributed by atoms with Crippen molar-refractivity contribution < 1.29 is 31.7 Å². The number of nitrogens with one attached hydrogen (secondary N) is 1. The van der Waals surface area contributed by atoms with E-state index in [1.165, 1.54) is 12.1 Å². The van der Waals surface area contributed by atoms with Gasteiger partial charge in [0.1, 0.15) is 24.0 Å². The molecule has 9 heteroatoms. The van der Waals surface area contributed by atoms with E-state index in [9.17, 15) is 18.0 Å². The second kappa shape index (κ2) is 10.3. The van der Waals surface area contributed by atoms with Crippen molar-refractivity contribution >= 4 is 22.2 Å². The Morgan fingerprint density at radius 2 is 1.58 bits per heavy atom. The Bertz CT molecular complexity index is 981. The number of esters is 1. The summed E-state index contributed by atoms with van der Waals surface area (Å²) < 4.78 is 37.9. The lowest BCUT2D eigenvalue weighted by atomic mass is 10.1. The van der Waals surface area contributed by atoms with Gasteiger partial charge in [-0.15, -0.1) is 0 Å². The molecular weight excluding hydrogens is 422 g/mol.